The third kappa shape index (κ3) is 4.46. The smallest absolute Gasteiger partial charge is 0.478 e. The van der Waals surface area contributed by atoms with Gasteiger partial charge in [0.25, 0.3) is 0 Å². The number of carboxylic acid groups (broad SMARTS) is 1. The molecule has 140 valence electrons. The molecule has 2 rings (SSSR count). The van der Waals surface area contributed by atoms with Gasteiger partial charge in [-0.2, -0.15) is 0 Å². The van der Waals surface area contributed by atoms with Crippen LogP contribution < -0.4 is 5.73 Å². The van der Waals surface area contributed by atoms with Crippen LogP contribution in [0.4, 0.5) is 5.82 Å². The van der Waals surface area contributed by atoms with E-state index in [1.807, 2.05) is 27.7 Å². The number of nitrogens with two attached hydrogens (primary N) is 1. The van der Waals surface area contributed by atoms with Gasteiger partial charge in [0.1, 0.15) is 11.4 Å². The van der Waals surface area contributed by atoms with Crippen LogP contribution in [0.3, 0.4) is 0 Å². The molecule has 1 saturated heterocycles. The highest BCUT2D eigenvalue weighted by atomic mass is 32.2. The molecule has 3 N–H and O–H groups in total. The highest BCUT2D eigenvalue weighted by molar-refractivity contribution is 8.13. The van der Waals surface area contributed by atoms with Crippen LogP contribution in [-0.2, 0) is 14.1 Å². The van der Waals surface area contributed by atoms with Crippen molar-refractivity contribution < 1.29 is 24.0 Å². The number of aromatic nitrogens is 1. The third-order valence-electron chi connectivity index (χ3n) is 4.52. The molecule has 1 aliphatic rings. The highest BCUT2D eigenvalue weighted by Gasteiger charge is 2.52. The fraction of sp³-hybridized carbons (Fsp3) is 0.471. The zero-order valence-electron chi connectivity index (χ0n) is 15.5. The Morgan fingerprint density at radius 2 is 1.88 bits per heavy atom. The molecule has 1 aromatic rings. The van der Waals surface area contributed by atoms with Crippen molar-refractivity contribution >= 4 is 41.9 Å². The van der Waals surface area contributed by atoms with Gasteiger partial charge >= 0.3 is 13.1 Å². The van der Waals surface area contributed by atoms with Crippen LogP contribution in [0.1, 0.15) is 50.5 Å². The summed E-state index contributed by atoms with van der Waals surface area (Å²) >= 11 is 1.13. The highest BCUT2D eigenvalue weighted by Crippen LogP contribution is 2.39. The number of hydrogen-bond acceptors (Lipinski definition) is 7. The molecular weight excluding hydrogens is 355 g/mol. The number of thioether (sulfide) groups is 1. The van der Waals surface area contributed by atoms with Gasteiger partial charge in [-0.15, -0.1) is 0 Å². The lowest BCUT2D eigenvalue weighted by Crippen LogP contribution is -2.41. The topological polar surface area (TPSA) is 112 Å². The second-order valence-corrected chi connectivity index (χ2v) is 8.25. The van der Waals surface area contributed by atoms with Gasteiger partial charge < -0.3 is 20.1 Å². The molecule has 1 fully saturated rings. The first-order chi connectivity index (χ1) is 11.9. The molecule has 0 aliphatic carbocycles. The predicted molar refractivity (Wildman–Crippen MR) is 103 cm³/mol. The van der Waals surface area contributed by atoms with E-state index in [1.54, 1.807) is 6.08 Å². The summed E-state index contributed by atoms with van der Waals surface area (Å²) in [5.41, 5.74) is 5.74. The summed E-state index contributed by atoms with van der Waals surface area (Å²) in [5.74, 6) is -0.843. The van der Waals surface area contributed by atoms with Crippen LogP contribution in [0.25, 0.3) is 6.08 Å². The molecule has 7 nitrogen and oxygen atoms in total. The number of rotatable bonds is 5. The minimum atomic E-state index is -1.15. The van der Waals surface area contributed by atoms with E-state index in [-0.39, 0.29) is 16.5 Å². The summed E-state index contributed by atoms with van der Waals surface area (Å²) in [6.45, 7) is 9.25. The number of aromatic carboxylic acids is 1. The fourth-order valence-electron chi connectivity index (χ4n) is 2.31. The second kappa shape index (κ2) is 7.42. The van der Waals surface area contributed by atoms with Gasteiger partial charge in [0.2, 0.25) is 0 Å². The van der Waals surface area contributed by atoms with Crippen molar-refractivity contribution in [1.82, 2.24) is 4.98 Å². The van der Waals surface area contributed by atoms with Gasteiger partial charge in [-0.1, -0.05) is 17.8 Å². The van der Waals surface area contributed by atoms with Gasteiger partial charge in [-0.25, -0.2) is 9.78 Å². The maximum atomic E-state index is 11.4. The van der Waals surface area contributed by atoms with Crippen LogP contribution in [-0.4, -0.2) is 45.2 Å². The minimum absolute atomic E-state index is 0.0333. The minimum Gasteiger partial charge on any atom is -0.478 e. The van der Waals surface area contributed by atoms with Crippen molar-refractivity contribution in [3.05, 3.63) is 28.9 Å². The number of pyridine rings is 1. The molecule has 0 unspecified atom stereocenters. The third-order valence-corrected chi connectivity index (χ3v) is 5.40. The summed E-state index contributed by atoms with van der Waals surface area (Å²) in [7, 11) is -0.641. The second-order valence-electron chi connectivity index (χ2n) is 7.09. The number of anilines is 1. The summed E-state index contributed by atoms with van der Waals surface area (Å²) < 4.78 is 12.1. The first kappa shape index (κ1) is 20.5. The SMILES string of the molecule is CC(=O)SCC(=Cc1cnc(N)c(C(=O)O)c1)B1OC(C)(C)C(C)(C)O1. The molecule has 26 heavy (non-hydrogen) atoms. The first-order valence-electron chi connectivity index (χ1n) is 8.11. The lowest BCUT2D eigenvalue weighted by Gasteiger charge is -2.32. The van der Waals surface area contributed by atoms with E-state index in [2.05, 4.69) is 4.98 Å². The Hall–Kier alpha value is -1.84. The normalized spacial score (nSPS) is 18.8. The molecule has 1 aromatic heterocycles. The first-order valence-corrected chi connectivity index (χ1v) is 9.10. The summed E-state index contributed by atoms with van der Waals surface area (Å²) in [6, 6.07) is 1.44. The average molecular weight is 378 g/mol. The number of carboxylic acids is 1. The maximum Gasteiger partial charge on any atom is 0.491 e. The van der Waals surface area contributed by atoms with Crippen LogP contribution in [0, 0.1) is 0 Å². The molecule has 0 aromatic carbocycles. The zero-order valence-corrected chi connectivity index (χ0v) is 16.3. The fourth-order valence-corrected chi connectivity index (χ4v) is 2.90. The van der Waals surface area contributed by atoms with E-state index in [1.165, 1.54) is 19.2 Å². The summed E-state index contributed by atoms with van der Waals surface area (Å²) in [5, 5.41) is 9.18. The van der Waals surface area contributed by atoms with Gasteiger partial charge in [0.05, 0.1) is 11.2 Å². The number of carbonyl (C=O) groups is 2. The van der Waals surface area contributed by atoms with Gasteiger partial charge in [0, 0.05) is 18.9 Å². The Morgan fingerprint density at radius 1 is 1.31 bits per heavy atom. The van der Waals surface area contributed by atoms with E-state index in [4.69, 9.17) is 15.0 Å². The molecule has 0 bridgehead atoms. The van der Waals surface area contributed by atoms with Gasteiger partial charge in [-0.05, 0) is 44.8 Å². The standard InChI is InChI=1S/C17H23BN2O5S/c1-10(21)26-9-12(18-24-16(2,3)17(4,5)25-18)6-11-7-13(15(22)23)14(19)20-8-11/h6-8H,9H2,1-5H3,(H2,19,20)(H,22,23). The van der Waals surface area contributed by atoms with Gasteiger partial charge in [-0.3, -0.25) is 4.79 Å². The Labute approximate surface area is 157 Å². The lowest BCUT2D eigenvalue weighted by atomic mass is 9.78. The van der Waals surface area contributed by atoms with Crippen molar-refractivity contribution in [3.8, 4) is 0 Å². The maximum absolute atomic E-state index is 11.4. The Balaban J connectivity index is 2.39. The monoisotopic (exact) mass is 378 g/mol. The van der Waals surface area contributed by atoms with E-state index in [0.29, 0.717) is 16.8 Å². The van der Waals surface area contributed by atoms with E-state index in [9.17, 15) is 14.7 Å². The summed E-state index contributed by atoms with van der Waals surface area (Å²) in [6.07, 6.45) is 3.21. The zero-order chi connectivity index (χ0) is 19.7. The number of nitrogens with zero attached hydrogens (tertiary/aromatic N) is 1. The largest absolute Gasteiger partial charge is 0.491 e. The van der Waals surface area contributed by atoms with Crippen molar-refractivity contribution in [1.29, 1.82) is 0 Å². The van der Waals surface area contributed by atoms with Crippen LogP contribution in [0.2, 0.25) is 0 Å². The van der Waals surface area contributed by atoms with Crippen molar-refractivity contribution in [2.24, 2.45) is 0 Å². The van der Waals surface area contributed by atoms with Crippen LogP contribution in [0.5, 0.6) is 0 Å². The van der Waals surface area contributed by atoms with E-state index in [0.717, 1.165) is 11.8 Å². The predicted octanol–water partition coefficient (Wildman–Crippen LogP) is 2.66. The number of nitrogen functional groups attached to an aromatic ring is 1. The number of carbonyl (C=O) groups excluding carboxylic acids is 1. The van der Waals surface area contributed by atoms with E-state index >= 15 is 0 Å². The molecule has 2 heterocycles. The van der Waals surface area contributed by atoms with Crippen molar-refractivity contribution in [2.45, 2.75) is 45.8 Å². The molecule has 0 spiro atoms. The molecule has 0 atom stereocenters. The Kier molecular flexibility index (Phi) is 5.84. The average Bonchev–Trinajstić information content (AvgIpc) is 2.72. The lowest BCUT2D eigenvalue weighted by molar-refractivity contribution is -0.109. The van der Waals surface area contributed by atoms with Gasteiger partial charge in [0.15, 0.2) is 5.12 Å². The quantitative estimate of drug-likeness (QED) is 0.752. The molecule has 0 radical (unpaired) electrons. The van der Waals surface area contributed by atoms with E-state index < -0.39 is 24.3 Å². The molecule has 1 aliphatic heterocycles. The molecular formula is C17H23BN2O5S. The van der Waals surface area contributed by atoms with Crippen molar-refractivity contribution in [2.75, 3.05) is 11.5 Å². The van der Waals surface area contributed by atoms with Crippen LogP contribution in [0.15, 0.2) is 17.7 Å². The van der Waals surface area contributed by atoms with Crippen molar-refractivity contribution in [3.63, 3.8) is 0 Å². The molecule has 9 heteroatoms. The summed E-state index contributed by atoms with van der Waals surface area (Å²) in [4.78, 5) is 26.6. The van der Waals surface area contributed by atoms with Crippen LogP contribution >= 0.6 is 11.8 Å². The molecule has 0 amide bonds. The molecule has 0 saturated carbocycles. The number of hydrogen-bond donors (Lipinski definition) is 2. The Morgan fingerprint density at radius 3 is 2.38 bits per heavy atom. The Bertz CT molecular complexity index is 748.